The standard InChI is InChI=1S/C14H21N3O3S/c1-11(12-6-8-15-9-7-12)16-14(18)13-5-3-4-10-17(13)21(2,19)20/h6-9,11,13H,3-5,10H2,1-2H3,(H,16,18)/t11-,13-/m0/s1. The first-order valence-corrected chi connectivity index (χ1v) is 8.91. The molecule has 0 unspecified atom stereocenters. The molecule has 0 saturated carbocycles. The average Bonchev–Trinajstić information content (AvgIpc) is 2.47. The summed E-state index contributed by atoms with van der Waals surface area (Å²) in [5.74, 6) is -0.232. The smallest absolute Gasteiger partial charge is 0.238 e. The molecule has 21 heavy (non-hydrogen) atoms. The summed E-state index contributed by atoms with van der Waals surface area (Å²) in [5.41, 5.74) is 0.945. The largest absolute Gasteiger partial charge is 0.348 e. The van der Waals surface area contributed by atoms with Gasteiger partial charge in [-0.05, 0) is 37.5 Å². The van der Waals surface area contributed by atoms with Gasteiger partial charge in [-0.2, -0.15) is 4.31 Å². The summed E-state index contributed by atoms with van der Waals surface area (Å²) >= 11 is 0. The van der Waals surface area contributed by atoms with E-state index in [-0.39, 0.29) is 11.9 Å². The van der Waals surface area contributed by atoms with Crippen molar-refractivity contribution >= 4 is 15.9 Å². The maximum absolute atomic E-state index is 12.4. The Balaban J connectivity index is 2.08. The van der Waals surface area contributed by atoms with E-state index in [9.17, 15) is 13.2 Å². The number of carbonyl (C=O) groups is 1. The van der Waals surface area contributed by atoms with Crippen molar-refractivity contribution in [3.63, 3.8) is 0 Å². The van der Waals surface area contributed by atoms with Gasteiger partial charge in [-0.25, -0.2) is 8.42 Å². The summed E-state index contributed by atoms with van der Waals surface area (Å²) in [4.78, 5) is 16.3. The Kier molecular flexibility index (Phi) is 4.95. The van der Waals surface area contributed by atoms with Crippen molar-refractivity contribution in [2.75, 3.05) is 12.8 Å². The number of piperidine rings is 1. The van der Waals surface area contributed by atoms with E-state index >= 15 is 0 Å². The van der Waals surface area contributed by atoms with E-state index in [1.807, 2.05) is 19.1 Å². The molecule has 0 bridgehead atoms. The number of amides is 1. The summed E-state index contributed by atoms with van der Waals surface area (Å²) in [6.07, 6.45) is 6.74. The second kappa shape index (κ2) is 6.53. The lowest BCUT2D eigenvalue weighted by molar-refractivity contribution is -0.126. The molecule has 7 heteroatoms. The Labute approximate surface area is 125 Å². The fraction of sp³-hybridized carbons (Fsp3) is 0.571. The summed E-state index contributed by atoms with van der Waals surface area (Å²) in [6.45, 7) is 2.29. The molecule has 6 nitrogen and oxygen atoms in total. The predicted octanol–water partition coefficient (Wildman–Crippen LogP) is 1.07. The highest BCUT2D eigenvalue weighted by Gasteiger charge is 2.34. The molecule has 2 heterocycles. The van der Waals surface area contributed by atoms with Gasteiger partial charge in [0.25, 0.3) is 0 Å². The van der Waals surface area contributed by atoms with Crippen LogP contribution in [-0.4, -0.2) is 42.5 Å². The van der Waals surface area contributed by atoms with Crippen LogP contribution in [0.3, 0.4) is 0 Å². The van der Waals surface area contributed by atoms with E-state index in [2.05, 4.69) is 10.3 Å². The fourth-order valence-corrected chi connectivity index (χ4v) is 3.73. The first-order chi connectivity index (χ1) is 9.89. The molecule has 1 amide bonds. The normalized spacial score (nSPS) is 21.7. The molecule has 1 aliphatic rings. The minimum absolute atomic E-state index is 0.177. The zero-order valence-corrected chi connectivity index (χ0v) is 13.1. The molecule has 2 atom stereocenters. The van der Waals surface area contributed by atoms with E-state index in [1.165, 1.54) is 4.31 Å². The molecule has 1 aromatic rings. The van der Waals surface area contributed by atoms with E-state index in [0.717, 1.165) is 24.7 Å². The van der Waals surface area contributed by atoms with E-state index in [0.29, 0.717) is 13.0 Å². The van der Waals surface area contributed by atoms with Gasteiger partial charge in [0.1, 0.15) is 6.04 Å². The summed E-state index contributed by atoms with van der Waals surface area (Å²) in [7, 11) is -3.36. The zero-order valence-electron chi connectivity index (χ0n) is 12.3. The number of nitrogens with zero attached hydrogens (tertiary/aromatic N) is 2. The predicted molar refractivity (Wildman–Crippen MR) is 80.0 cm³/mol. The van der Waals surface area contributed by atoms with Crippen LogP contribution in [0.5, 0.6) is 0 Å². The Morgan fingerprint density at radius 3 is 2.67 bits per heavy atom. The van der Waals surface area contributed by atoms with Gasteiger partial charge in [-0.3, -0.25) is 9.78 Å². The quantitative estimate of drug-likeness (QED) is 0.902. The van der Waals surface area contributed by atoms with Crippen LogP contribution in [0.25, 0.3) is 0 Å². The number of rotatable bonds is 4. The number of hydrogen-bond donors (Lipinski definition) is 1. The molecule has 1 aromatic heterocycles. The Bertz CT molecular complexity index is 589. The lowest BCUT2D eigenvalue weighted by atomic mass is 10.0. The summed E-state index contributed by atoms with van der Waals surface area (Å²) in [5, 5.41) is 2.90. The lowest BCUT2D eigenvalue weighted by Gasteiger charge is -2.33. The van der Waals surface area contributed by atoms with Crippen molar-refractivity contribution in [2.24, 2.45) is 0 Å². The molecule has 1 N–H and O–H groups in total. The zero-order chi connectivity index (χ0) is 15.5. The minimum Gasteiger partial charge on any atom is -0.348 e. The first kappa shape index (κ1) is 15.9. The minimum atomic E-state index is -3.36. The van der Waals surface area contributed by atoms with Gasteiger partial charge in [0.05, 0.1) is 12.3 Å². The third-order valence-corrected chi connectivity index (χ3v) is 5.04. The van der Waals surface area contributed by atoms with Gasteiger partial charge < -0.3 is 5.32 Å². The molecule has 0 aromatic carbocycles. The number of nitrogens with one attached hydrogen (secondary N) is 1. The number of aromatic nitrogens is 1. The van der Waals surface area contributed by atoms with Gasteiger partial charge in [-0.1, -0.05) is 6.42 Å². The van der Waals surface area contributed by atoms with Gasteiger partial charge in [0.15, 0.2) is 0 Å². The van der Waals surface area contributed by atoms with Crippen LogP contribution in [0, 0.1) is 0 Å². The van der Waals surface area contributed by atoms with Crippen LogP contribution in [0.1, 0.15) is 37.8 Å². The SMILES string of the molecule is C[C@H](NC(=O)[C@@H]1CCCCN1S(C)(=O)=O)c1ccncc1. The fourth-order valence-electron chi connectivity index (χ4n) is 2.61. The van der Waals surface area contributed by atoms with E-state index in [4.69, 9.17) is 0 Å². The molecule has 1 aliphatic heterocycles. The third-order valence-electron chi connectivity index (χ3n) is 3.75. The maximum atomic E-state index is 12.4. The number of sulfonamides is 1. The second-order valence-electron chi connectivity index (χ2n) is 5.40. The summed E-state index contributed by atoms with van der Waals surface area (Å²) < 4.78 is 24.9. The van der Waals surface area contributed by atoms with Crippen molar-refractivity contribution in [1.29, 1.82) is 0 Å². The number of hydrogen-bond acceptors (Lipinski definition) is 4. The lowest BCUT2D eigenvalue weighted by Crippen LogP contribution is -2.51. The van der Waals surface area contributed by atoms with Crippen molar-refractivity contribution < 1.29 is 13.2 Å². The van der Waals surface area contributed by atoms with Crippen LogP contribution in [-0.2, 0) is 14.8 Å². The van der Waals surface area contributed by atoms with Gasteiger partial charge in [0.2, 0.25) is 15.9 Å². The highest BCUT2D eigenvalue weighted by atomic mass is 32.2. The van der Waals surface area contributed by atoms with Gasteiger partial charge in [0, 0.05) is 18.9 Å². The van der Waals surface area contributed by atoms with Gasteiger partial charge in [-0.15, -0.1) is 0 Å². The number of pyridine rings is 1. The molecule has 0 aliphatic carbocycles. The molecular formula is C14H21N3O3S. The van der Waals surface area contributed by atoms with Crippen molar-refractivity contribution in [3.8, 4) is 0 Å². The van der Waals surface area contributed by atoms with E-state index in [1.54, 1.807) is 12.4 Å². The number of carbonyl (C=O) groups excluding carboxylic acids is 1. The second-order valence-corrected chi connectivity index (χ2v) is 7.33. The summed E-state index contributed by atoms with van der Waals surface area (Å²) in [6, 6.07) is 2.89. The highest BCUT2D eigenvalue weighted by molar-refractivity contribution is 7.88. The van der Waals surface area contributed by atoms with Crippen LogP contribution < -0.4 is 5.32 Å². The third kappa shape index (κ3) is 4.01. The Hall–Kier alpha value is -1.47. The van der Waals surface area contributed by atoms with Crippen LogP contribution >= 0.6 is 0 Å². The van der Waals surface area contributed by atoms with Crippen LogP contribution in [0.4, 0.5) is 0 Å². The van der Waals surface area contributed by atoms with Crippen molar-refractivity contribution in [3.05, 3.63) is 30.1 Å². The van der Waals surface area contributed by atoms with Crippen molar-refractivity contribution in [2.45, 2.75) is 38.3 Å². The molecule has 0 spiro atoms. The van der Waals surface area contributed by atoms with E-state index < -0.39 is 16.1 Å². The Morgan fingerprint density at radius 1 is 1.38 bits per heavy atom. The molecule has 0 radical (unpaired) electrons. The molecule has 2 rings (SSSR count). The Morgan fingerprint density at radius 2 is 2.05 bits per heavy atom. The first-order valence-electron chi connectivity index (χ1n) is 7.06. The molecule has 1 saturated heterocycles. The maximum Gasteiger partial charge on any atom is 0.238 e. The van der Waals surface area contributed by atoms with Crippen LogP contribution in [0.2, 0.25) is 0 Å². The molecule has 1 fully saturated rings. The van der Waals surface area contributed by atoms with Gasteiger partial charge >= 0.3 is 0 Å². The molecular weight excluding hydrogens is 290 g/mol. The van der Waals surface area contributed by atoms with Crippen LogP contribution in [0.15, 0.2) is 24.5 Å². The highest BCUT2D eigenvalue weighted by Crippen LogP contribution is 2.21. The average molecular weight is 311 g/mol. The van der Waals surface area contributed by atoms with Crippen molar-refractivity contribution in [1.82, 2.24) is 14.6 Å². The monoisotopic (exact) mass is 311 g/mol. The topological polar surface area (TPSA) is 79.4 Å². The molecule has 116 valence electrons.